The standard InChI is InChI=1S/C16H15N3O3S/c1-10-9-19-15(21)12(8-18-16(19)23-10)14(20)17-7-11-5-3-4-6-13(11)22-2/h3-6,8-9H,7H2,1-2H3,(H,17,20). The molecule has 7 heteroatoms. The smallest absolute Gasteiger partial charge is 0.271 e. The molecule has 0 aliphatic carbocycles. The van der Waals surface area contributed by atoms with Crippen molar-refractivity contribution in [1.82, 2.24) is 14.7 Å². The van der Waals surface area contributed by atoms with E-state index < -0.39 is 5.91 Å². The van der Waals surface area contributed by atoms with E-state index in [0.717, 1.165) is 10.4 Å². The van der Waals surface area contributed by atoms with E-state index in [-0.39, 0.29) is 17.7 Å². The van der Waals surface area contributed by atoms with E-state index in [2.05, 4.69) is 10.3 Å². The van der Waals surface area contributed by atoms with Crippen molar-refractivity contribution in [3.8, 4) is 5.75 Å². The van der Waals surface area contributed by atoms with Gasteiger partial charge in [0.1, 0.15) is 11.3 Å². The van der Waals surface area contributed by atoms with Gasteiger partial charge in [0.2, 0.25) is 0 Å². The first-order valence-electron chi connectivity index (χ1n) is 6.98. The van der Waals surface area contributed by atoms with Gasteiger partial charge in [0.15, 0.2) is 4.96 Å². The SMILES string of the molecule is COc1ccccc1CNC(=O)c1cnc2sc(C)cn2c1=O. The van der Waals surface area contributed by atoms with Crippen molar-refractivity contribution < 1.29 is 9.53 Å². The summed E-state index contributed by atoms with van der Waals surface area (Å²) in [4.78, 5) is 30.4. The molecule has 2 aromatic heterocycles. The first kappa shape index (κ1) is 15.2. The molecule has 3 aromatic rings. The summed E-state index contributed by atoms with van der Waals surface area (Å²) in [7, 11) is 1.57. The molecular weight excluding hydrogens is 314 g/mol. The lowest BCUT2D eigenvalue weighted by molar-refractivity contribution is 0.0948. The average Bonchev–Trinajstić information content (AvgIpc) is 2.94. The third kappa shape index (κ3) is 2.95. The van der Waals surface area contributed by atoms with Crippen molar-refractivity contribution in [1.29, 1.82) is 0 Å². The van der Waals surface area contributed by atoms with Gasteiger partial charge in [0, 0.05) is 29.4 Å². The lowest BCUT2D eigenvalue weighted by atomic mass is 10.2. The highest BCUT2D eigenvalue weighted by Crippen LogP contribution is 2.17. The summed E-state index contributed by atoms with van der Waals surface area (Å²) >= 11 is 1.41. The molecule has 0 radical (unpaired) electrons. The van der Waals surface area contributed by atoms with Crippen LogP contribution in [0.5, 0.6) is 5.75 Å². The summed E-state index contributed by atoms with van der Waals surface area (Å²) in [5, 5.41) is 2.73. The molecule has 118 valence electrons. The number of carbonyl (C=O) groups excluding carboxylic acids is 1. The number of ether oxygens (including phenoxy) is 1. The van der Waals surface area contributed by atoms with Gasteiger partial charge in [-0.15, -0.1) is 11.3 Å². The van der Waals surface area contributed by atoms with Gasteiger partial charge in [-0.1, -0.05) is 18.2 Å². The first-order valence-corrected chi connectivity index (χ1v) is 7.79. The Morgan fingerprint density at radius 2 is 2.17 bits per heavy atom. The first-order chi connectivity index (χ1) is 11.1. The maximum absolute atomic E-state index is 12.4. The topological polar surface area (TPSA) is 72.7 Å². The van der Waals surface area contributed by atoms with Crippen LogP contribution >= 0.6 is 11.3 Å². The van der Waals surface area contributed by atoms with Gasteiger partial charge >= 0.3 is 0 Å². The number of methoxy groups -OCH3 is 1. The summed E-state index contributed by atoms with van der Waals surface area (Å²) in [6.07, 6.45) is 3.01. The molecule has 0 saturated heterocycles. The number of nitrogens with zero attached hydrogens (tertiary/aromatic N) is 2. The molecular formula is C16H15N3O3S. The summed E-state index contributed by atoms with van der Waals surface area (Å²) in [6.45, 7) is 2.16. The predicted octanol–water partition coefficient (Wildman–Crippen LogP) is 2.00. The second-order valence-electron chi connectivity index (χ2n) is 4.97. The Morgan fingerprint density at radius 3 is 2.96 bits per heavy atom. The number of aromatic nitrogens is 2. The molecule has 23 heavy (non-hydrogen) atoms. The molecule has 6 nitrogen and oxygen atoms in total. The summed E-state index contributed by atoms with van der Waals surface area (Å²) in [5.41, 5.74) is 0.496. The van der Waals surface area contributed by atoms with Gasteiger partial charge in [-0.3, -0.25) is 14.0 Å². The maximum atomic E-state index is 12.4. The Bertz CT molecular complexity index is 930. The molecule has 1 N–H and O–H groups in total. The highest BCUT2D eigenvalue weighted by molar-refractivity contribution is 7.16. The Kier molecular flexibility index (Phi) is 4.12. The fourth-order valence-electron chi connectivity index (χ4n) is 2.27. The fraction of sp³-hybridized carbons (Fsp3) is 0.188. The number of rotatable bonds is 4. The van der Waals surface area contributed by atoms with E-state index in [1.165, 1.54) is 21.9 Å². The number of fused-ring (bicyclic) bond motifs is 1. The summed E-state index contributed by atoms with van der Waals surface area (Å²) < 4.78 is 6.64. The van der Waals surface area contributed by atoms with Crippen LogP contribution in [0.2, 0.25) is 0 Å². The molecule has 0 bridgehead atoms. The van der Waals surface area contributed by atoms with Crippen LogP contribution < -0.4 is 15.6 Å². The minimum absolute atomic E-state index is 0.0233. The molecule has 1 amide bonds. The molecule has 0 unspecified atom stereocenters. The second-order valence-corrected chi connectivity index (χ2v) is 6.18. The maximum Gasteiger partial charge on any atom is 0.271 e. The van der Waals surface area contributed by atoms with Crippen molar-refractivity contribution in [3.63, 3.8) is 0 Å². The number of para-hydroxylation sites is 1. The van der Waals surface area contributed by atoms with Crippen LogP contribution in [0.1, 0.15) is 20.8 Å². The third-order valence-corrected chi connectivity index (χ3v) is 4.31. The van der Waals surface area contributed by atoms with Gasteiger partial charge < -0.3 is 10.1 Å². The van der Waals surface area contributed by atoms with E-state index in [0.29, 0.717) is 10.7 Å². The van der Waals surface area contributed by atoms with Crippen molar-refractivity contribution in [2.24, 2.45) is 0 Å². The van der Waals surface area contributed by atoms with Crippen LogP contribution in [0.15, 0.2) is 41.5 Å². The molecule has 1 aromatic carbocycles. The molecule has 0 saturated carbocycles. The highest BCUT2D eigenvalue weighted by atomic mass is 32.1. The van der Waals surface area contributed by atoms with Gasteiger partial charge in [-0.2, -0.15) is 0 Å². The van der Waals surface area contributed by atoms with Crippen LogP contribution in [0.3, 0.4) is 0 Å². The van der Waals surface area contributed by atoms with Crippen LogP contribution in [0.4, 0.5) is 0 Å². The van der Waals surface area contributed by atoms with E-state index in [1.807, 2.05) is 31.2 Å². The number of aryl methyl sites for hydroxylation is 1. The lowest BCUT2D eigenvalue weighted by Crippen LogP contribution is -2.30. The monoisotopic (exact) mass is 329 g/mol. The Morgan fingerprint density at radius 1 is 1.39 bits per heavy atom. The molecule has 2 heterocycles. The third-order valence-electron chi connectivity index (χ3n) is 3.40. The molecule has 3 rings (SSSR count). The minimum atomic E-state index is -0.452. The summed E-state index contributed by atoms with van der Waals surface area (Å²) in [6, 6.07) is 7.39. The van der Waals surface area contributed by atoms with Crippen LogP contribution in [-0.2, 0) is 6.54 Å². The normalized spacial score (nSPS) is 10.7. The van der Waals surface area contributed by atoms with Crippen LogP contribution in [0, 0.1) is 6.92 Å². The van der Waals surface area contributed by atoms with E-state index in [9.17, 15) is 9.59 Å². The molecule has 0 aliphatic heterocycles. The number of hydrogen-bond donors (Lipinski definition) is 1. The van der Waals surface area contributed by atoms with Crippen molar-refractivity contribution in [2.45, 2.75) is 13.5 Å². The zero-order chi connectivity index (χ0) is 16.4. The van der Waals surface area contributed by atoms with Gasteiger partial charge in [-0.25, -0.2) is 4.98 Å². The van der Waals surface area contributed by atoms with E-state index >= 15 is 0 Å². The number of carbonyl (C=O) groups is 1. The Balaban J connectivity index is 1.83. The zero-order valence-corrected chi connectivity index (χ0v) is 13.5. The van der Waals surface area contributed by atoms with Crippen molar-refractivity contribution in [2.75, 3.05) is 7.11 Å². The minimum Gasteiger partial charge on any atom is -0.496 e. The van der Waals surface area contributed by atoms with Gasteiger partial charge in [0.05, 0.1) is 7.11 Å². The molecule has 0 aliphatic rings. The van der Waals surface area contributed by atoms with Crippen LogP contribution in [-0.4, -0.2) is 22.4 Å². The van der Waals surface area contributed by atoms with E-state index in [1.54, 1.807) is 13.3 Å². The number of benzene rings is 1. The van der Waals surface area contributed by atoms with Gasteiger partial charge in [0.25, 0.3) is 11.5 Å². The summed E-state index contributed by atoms with van der Waals surface area (Å²) in [5.74, 6) is 0.234. The number of amides is 1. The largest absolute Gasteiger partial charge is 0.496 e. The Labute approximate surface area is 136 Å². The number of thiazole rings is 1. The zero-order valence-electron chi connectivity index (χ0n) is 12.7. The number of hydrogen-bond acceptors (Lipinski definition) is 5. The van der Waals surface area contributed by atoms with Crippen LogP contribution in [0.25, 0.3) is 4.96 Å². The fourth-order valence-corrected chi connectivity index (χ4v) is 3.06. The second kappa shape index (κ2) is 6.21. The van der Waals surface area contributed by atoms with Crippen molar-refractivity contribution in [3.05, 3.63) is 63.0 Å². The van der Waals surface area contributed by atoms with Crippen molar-refractivity contribution >= 4 is 22.2 Å². The quantitative estimate of drug-likeness (QED) is 0.795. The highest BCUT2D eigenvalue weighted by Gasteiger charge is 2.14. The van der Waals surface area contributed by atoms with Gasteiger partial charge in [-0.05, 0) is 13.0 Å². The molecule has 0 fully saturated rings. The van der Waals surface area contributed by atoms with E-state index in [4.69, 9.17) is 4.74 Å². The average molecular weight is 329 g/mol. The lowest BCUT2D eigenvalue weighted by Gasteiger charge is -2.09. The molecule has 0 atom stereocenters. The Hall–Kier alpha value is -2.67. The molecule has 0 spiro atoms. The predicted molar refractivity (Wildman–Crippen MR) is 88.2 cm³/mol. The number of nitrogens with one attached hydrogen (secondary N) is 1.